The van der Waals surface area contributed by atoms with E-state index in [9.17, 15) is 4.39 Å². The van der Waals surface area contributed by atoms with Crippen molar-refractivity contribution < 1.29 is 4.39 Å². The molecule has 1 unspecified atom stereocenters. The molecule has 0 aromatic heterocycles. The molecule has 0 radical (unpaired) electrons. The van der Waals surface area contributed by atoms with Crippen LogP contribution in [-0.2, 0) is 6.42 Å². The maximum Gasteiger partial charge on any atom is 0.130 e. The summed E-state index contributed by atoms with van der Waals surface area (Å²) in [6.07, 6.45) is 3.37. The number of nitrogens with one attached hydrogen (secondary N) is 1. The second-order valence-corrected chi connectivity index (χ2v) is 5.43. The third kappa shape index (κ3) is 2.30. The summed E-state index contributed by atoms with van der Waals surface area (Å²) in [6.45, 7) is 4.78. The minimum atomic E-state index is -0.0672. The number of halogens is 2. The van der Waals surface area contributed by atoms with Crippen LogP contribution < -0.4 is 5.32 Å². The van der Waals surface area contributed by atoms with Crippen LogP contribution in [0.15, 0.2) is 10.5 Å². The summed E-state index contributed by atoms with van der Waals surface area (Å²) in [5.41, 5.74) is 2.63. The highest BCUT2D eigenvalue weighted by Gasteiger charge is 2.18. The molecule has 1 N–H and O–H groups in total. The predicted octanol–water partition coefficient (Wildman–Crippen LogP) is 3.50. The Morgan fingerprint density at radius 1 is 1.44 bits per heavy atom. The van der Waals surface area contributed by atoms with E-state index in [0.717, 1.165) is 28.6 Å². The Balaban J connectivity index is 2.26. The molecule has 16 heavy (non-hydrogen) atoms. The van der Waals surface area contributed by atoms with Gasteiger partial charge in [-0.25, -0.2) is 4.39 Å². The number of benzene rings is 1. The van der Waals surface area contributed by atoms with Crippen molar-refractivity contribution in [3.63, 3.8) is 0 Å². The van der Waals surface area contributed by atoms with Crippen molar-refractivity contribution in [1.82, 2.24) is 5.32 Å². The Labute approximate surface area is 105 Å². The molecule has 1 atom stereocenters. The largest absolute Gasteiger partial charge is 0.314 e. The van der Waals surface area contributed by atoms with E-state index in [1.807, 2.05) is 13.8 Å². The van der Waals surface area contributed by atoms with E-state index >= 15 is 0 Å². The maximum absolute atomic E-state index is 13.9. The second-order valence-electron chi connectivity index (χ2n) is 4.58. The van der Waals surface area contributed by atoms with Gasteiger partial charge in [0, 0.05) is 10.5 Å². The van der Waals surface area contributed by atoms with Crippen LogP contribution in [0.1, 0.15) is 29.5 Å². The van der Waals surface area contributed by atoms with E-state index in [1.165, 1.54) is 12.8 Å². The van der Waals surface area contributed by atoms with Gasteiger partial charge in [0.25, 0.3) is 0 Å². The van der Waals surface area contributed by atoms with Gasteiger partial charge in [0.15, 0.2) is 0 Å². The minimum Gasteiger partial charge on any atom is -0.314 e. The quantitative estimate of drug-likeness (QED) is 0.877. The van der Waals surface area contributed by atoms with Crippen molar-refractivity contribution in [2.24, 2.45) is 0 Å². The smallest absolute Gasteiger partial charge is 0.130 e. The summed E-state index contributed by atoms with van der Waals surface area (Å²) in [7, 11) is 0. The zero-order chi connectivity index (χ0) is 11.7. The average Bonchev–Trinajstić information content (AvgIpc) is 2.76. The van der Waals surface area contributed by atoms with Gasteiger partial charge < -0.3 is 5.32 Å². The van der Waals surface area contributed by atoms with E-state index in [-0.39, 0.29) is 5.82 Å². The Morgan fingerprint density at radius 2 is 2.19 bits per heavy atom. The highest BCUT2D eigenvalue weighted by molar-refractivity contribution is 9.10. The number of hydrogen-bond acceptors (Lipinski definition) is 1. The molecule has 1 aliphatic rings. The monoisotopic (exact) mass is 285 g/mol. The number of hydrogen-bond donors (Lipinski definition) is 1. The molecule has 0 saturated carbocycles. The summed E-state index contributed by atoms with van der Waals surface area (Å²) >= 11 is 3.42. The molecule has 1 heterocycles. The van der Waals surface area contributed by atoms with Gasteiger partial charge in [-0.3, -0.25) is 0 Å². The molecule has 1 aromatic rings. The van der Waals surface area contributed by atoms with E-state index in [0.29, 0.717) is 11.6 Å². The molecule has 88 valence electrons. The third-order valence-corrected chi connectivity index (χ3v) is 4.25. The molecule has 1 aliphatic heterocycles. The molecular weight excluding hydrogens is 269 g/mol. The Hall–Kier alpha value is -0.410. The predicted molar refractivity (Wildman–Crippen MR) is 68.3 cm³/mol. The van der Waals surface area contributed by atoms with Crippen LogP contribution in [0.25, 0.3) is 0 Å². The lowest BCUT2D eigenvalue weighted by Crippen LogP contribution is -2.24. The fourth-order valence-corrected chi connectivity index (χ4v) is 2.76. The van der Waals surface area contributed by atoms with Gasteiger partial charge in [-0.05, 0) is 62.4 Å². The van der Waals surface area contributed by atoms with Crippen LogP contribution in [0, 0.1) is 19.7 Å². The first-order valence-corrected chi connectivity index (χ1v) is 6.56. The fourth-order valence-electron chi connectivity index (χ4n) is 2.30. The summed E-state index contributed by atoms with van der Waals surface area (Å²) in [4.78, 5) is 0. The summed E-state index contributed by atoms with van der Waals surface area (Å²) in [5, 5.41) is 3.45. The highest BCUT2D eigenvalue weighted by atomic mass is 79.9. The van der Waals surface area contributed by atoms with Crippen LogP contribution in [0.5, 0.6) is 0 Å². The van der Waals surface area contributed by atoms with Crippen LogP contribution in [0.4, 0.5) is 4.39 Å². The molecule has 1 saturated heterocycles. The van der Waals surface area contributed by atoms with E-state index in [2.05, 4.69) is 27.3 Å². The highest BCUT2D eigenvalue weighted by Crippen LogP contribution is 2.26. The van der Waals surface area contributed by atoms with Crippen LogP contribution in [-0.4, -0.2) is 12.6 Å². The van der Waals surface area contributed by atoms with Crippen molar-refractivity contribution in [2.75, 3.05) is 6.54 Å². The van der Waals surface area contributed by atoms with Gasteiger partial charge in [-0.15, -0.1) is 0 Å². The lowest BCUT2D eigenvalue weighted by molar-refractivity contribution is 0.581. The second kappa shape index (κ2) is 4.84. The average molecular weight is 286 g/mol. The lowest BCUT2D eigenvalue weighted by atomic mass is 9.98. The van der Waals surface area contributed by atoms with Crippen molar-refractivity contribution in [3.8, 4) is 0 Å². The van der Waals surface area contributed by atoms with Crippen molar-refractivity contribution in [2.45, 2.75) is 39.2 Å². The van der Waals surface area contributed by atoms with E-state index in [4.69, 9.17) is 0 Å². The topological polar surface area (TPSA) is 12.0 Å². The summed E-state index contributed by atoms with van der Waals surface area (Å²) in [6, 6.07) is 2.58. The van der Waals surface area contributed by atoms with Gasteiger partial charge in [0.05, 0.1) is 0 Å². The molecule has 3 heteroatoms. The molecule has 0 bridgehead atoms. The Kier molecular flexibility index (Phi) is 3.65. The van der Waals surface area contributed by atoms with Crippen molar-refractivity contribution in [1.29, 1.82) is 0 Å². The Bertz CT molecular complexity index is 397. The summed E-state index contributed by atoms with van der Waals surface area (Å²) in [5.74, 6) is -0.0672. The molecule has 2 rings (SSSR count). The molecule has 1 nitrogen and oxygen atoms in total. The van der Waals surface area contributed by atoms with E-state index < -0.39 is 0 Å². The standard InChI is InChI=1S/C13H17BrFN/c1-8-10(6-11-4-3-5-16-11)7-12(14)9(2)13(8)15/h7,11,16H,3-6H2,1-2H3. The van der Waals surface area contributed by atoms with Gasteiger partial charge in [0.2, 0.25) is 0 Å². The minimum absolute atomic E-state index is 0.0672. The van der Waals surface area contributed by atoms with Gasteiger partial charge in [-0.1, -0.05) is 15.9 Å². The zero-order valence-corrected chi connectivity index (χ0v) is 11.3. The first-order valence-electron chi connectivity index (χ1n) is 5.77. The lowest BCUT2D eigenvalue weighted by Gasteiger charge is -2.15. The van der Waals surface area contributed by atoms with Crippen molar-refractivity contribution >= 4 is 15.9 Å². The normalized spacial score (nSPS) is 20.4. The molecule has 1 fully saturated rings. The number of rotatable bonds is 2. The van der Waals surface area contributed by atoms with Crippen LogP contribution in [0.2, 0.25) is 0 Å². The first-order chi connectivity index (χ1) is 7.59. The van der Waals surface area contributed by atoms with Gasteiger partial charge >= 0.3 is 0 Å². The molecule has 1 aromatic carbocycles. The fraction of sp³-hybridized carbons (Fsp3) is 0.538. The molecule has 0 amide bonds. The SMILES string of the molecule is Cc1c(Br)cc(CC2CCCN2)c(C)c1F. The van der Waals surface area contributed by atoms with E-state index in [1.54, 1.807) is 0 Å². The van der Waals surface area contributed by atoms with Crippen LogP contribution in [0.3, 0.4) is 0 Å². The van der Waals surface area contributed by atoms with Gasteiger partial charge in [-0.2, -0.15) is 0 Å². The summed E-state index contributed by atoms with van der Waals surface area (Å²) < 4.78 is 14.8. The van der Waals surface area contributed by atoms with Crippen molar-refractivity contribution in [3.05, 3.63) is 33.0 Å². The zero-order valence-electron chi connectivity index (χ0n) is 9.74. The van der Waals surface area contributed by atoms with Gasteiger partial charge in [0.1, 0.15) is 5.82 Å². The Morgan fingerprint density at radius 3 is 2.81 bits per heavy atom. The third-order valence-electron chi connectivity index (χ3n) is 3.43. The first kappa shape index (κ1) is 12.1. The maximum atomic E-state index is 13.9. The molecule has 0 aliphatic carbocycles. The van der Waals surface area contributed by atoms with Crippen LogP contribution >= 0.6 is 15.9 Å². The molecular formula is C13H17BrFN. The molecule has 0 spiro atoms.